The van der Waals surface area contributed by atoms with Gasteiger partial charge in [-0.25, -0.2) is 9.97 Å². The van der Waals surface area contributed by atoms with E-state index < -0.39 is 5.97 Å². The molecule has 0 fully saturated rings. The number of carboxylic acids is 1. The number of carboxylic acid groups (broad SMARTS) is 1. The first-order valence-electron chi connectivity index (χ1n) is 9.66. The van der Waals surface area contributed by atoms with Gasteiger partial charge < -0.3 is 10.0 Å². The second kappa shape index (κ2) is 10.2. The second-order valence-corrected chi connectivity index (χ2v) is 6.67. The summed E-state index contributed by atoms with van der Waals surface area (Å²) in [6.45, 7) is 0.793. The van der Waals surface area contributed by atoms with E-state index >= 15 is 0 Å². The highest BCUT2D eigenvalue weighted by Crippen LogP contribution is 2.25. The van der Waals surface area contributed by atoms with Crippen LogP contribution in [0.1, 0.15) is 32.1 Å². The largest absolute Gasteiger partial charge is 0.481 e. The van der Waals surface area contributed by atoms with Crippen molar-refractivity contribution in [1.82, 2.24) is 9.97 Å². The minimum Gasteiger partial charge on any atom is -0.481 e. The quantitative estimate of drug-likeness (QED) is 0.486. The van der Waals surface area contributed by atoms with E-state index in [1.54, 1.807) is 6.20 Å². The summed E-state index contributed by atoms with van der Waals surface area (Å²) in [5, 5.41) is 8.74. The van der Waals surface area contributed by atoms with Gasteiger partial charge in [0.05, 0.1) is 0 Å². The summed E-state index contributed by atoms with van der Waals surface area (Å²) in [7, 11) is 0. The number of anilines is 2. The van der Waals surface area contributed by atoms with Gasteiger partial charge >= 0.3 is 5.97 Å². The smallest absolute Gasteiger partial charge is 0.303 e. The fourth-order valence-corrected chi connectivity index (χ4v) is 3.11. The first-order chi connectivity index (χ1) is 13.7. The van der Waals surface area contributed by atoms with Crippen molar-refractivity contribution in [2.24, 2.45) is 0 Å². The van der Waals surface area contributed by atoms with Crippen LogP contribution < -0.4 is 4.90 Å². The zero-order valence-electron chi connectivity index (χ0n) is 15.9. The highest BCUT2D eigenvalue weighted by molar-refractivity contribution is 5.66. The predicted octanol–water partition coefficient (Wildman–Crippen LogP) is 5.32. The molecule has 0 amide bonds. The Morgan fingerprint density at radius 2 is 1.54 bits per heavy atom. The molecule has 0 radical (unpaired) electrons. The van der Waals surface area contributed by atoms with Crippen molar-refractivity contribution in [2.45, 2.75) is 32.1 Å². The zero-order valence-corrected chi connectivity index (χ0v) is 15.9. The number of hydrogen-bond donors (Lipinski definition) is 1. The highest BCUT2D eigenvalue weighted by atomic mass is 16.4. The minimum atomic E-state index is -0.724. The molecule has 5 heteroatoms. The first kappa shape index (κ1) is 19.5. The Morgan fingerprint density at radius 1 is 0.786 bits per heavy atom. The number of aliphatic carboxylic acids is 1. The fourth-order valence-electron chi connectivity index (χ4n) is 3.11. The summed E-state index contributed by atoms with van der Waals surface area (Å²) in [4.78, 5) is 21.9. The molecular weight excluding hydrogens is 350 g/mol. The molecule has 0 saturated heterocycles. The SMILES string of the molecule is O=C(O)CCCCCCN(c1ccccn1)c1ccc(-c2ccccc2)cn1. The van der Waals surface area contributed by atoms with Gasteiger partial charge in [-0.1, -0.05) is 49.2 Å². The number of nitrogens with zero attached hydrogens (tertiary/aromatic N) is 3. The summed E-state index contributed by atoms with van der Waals surface area (Å²) in [5.74, 6) is 1.01. The van der Waals surface area contributed by atoms with Crippen molar-refractivity contribution in [1.29, 1.82) is 0 Å². The zero-order chi connectivity index (χ0) is 19.6. The Bertz CT molecular complexity index is 852. The van der Waals surface area contributed by atoms with E-state index in [1.165, 1.54) is 0 Å². The Morgan fingerprint density at radius 3 is 2.21 bits per heavy atom. The number of benzene rings is 1. The van der Waals surface area contributed by atoms with Crippen molar-refractivity contribution in [3.63, 3.8) is 0 Å². The van der Waals surface area contributed by atoms with Crippen LogP contribution in [0.2, 0.25) is 0 Å². The van der Waals surface area contributed by atoms with Crippen molar-refractivity contribution >= 4 is 17.6 Å². The van der Waals surface area contributed by atoms with E-state index in [1.807, 2.05) is 48.7 Å². The highest BCUT2D eigenvalue weighted by Gasteiger charge is 2.12. The van der Waals surface area contributed by atoms with Crippen LogP contribution in [0.25, 0.3) is 11.1 Å². The number of pyridine rings is 2. The summed E-state index contributed by atoms with van der Waals surface area (Å²) < 4.78 is 0. The molecular formula is C23H25N3O2. The van der Waals surface area contributed by atoms with E-state index in [-0.39, 0.29) is 6.42 Å². The summed E-state index contributed by atoms with van der Waals surface area (Å²) in [5.41, 5.74) is 2.23. The van der Waals surface area contributed by atoms with E-state index in [0.717, 1.165) is 55.0 Å². The van der Waals surface area contributed by atoms with Gasteiger partial charge in [0.25, 0.3) is 0 Å². The lowest BCUT2D eigenvalue weighted by Crippen LogP contribution is -2.20. The van der Waals surface area contributed by atoms with Crippen LogP contribution in [0.5, 0.6) is 0 Å². The maximum atomic E-state index is 10.6. The minimum absolute atomic E-state index is 0.243. The van der Waals surface area contributed by atoms with Crippen LogP contribution in [0.3, 0.4) is 0 Å². The van der Waals surface area contributed by atoms with Crippen molar-refractivity contribution in [3.8, 4) is 11.1 Å². The monoisotopic (exact) mass is 375 g/mol. The molecule has 1 N–H and O–H groups in total. The molecule has 3 rings (SSSR count). The molecule has 28 heavy (non-hydrogen) atoms. The van der Waals surface area contributed by atoms with Crippen LogP contribution in [-0.2, 0) is 4.79 Å². The summed E-state index contributed by atoms with van der Waals surface area (Å²) in [6.07, 6.45) is 7.51. The molecule has 2 aromatic heterocycles. The molecule has 0 aliphatic carbocycles. The van der Waals surface area contributed by atoms with Crippen molar-refractivity contribution < 1.29 is 9.90 Å². The number of aromatic nitrogens is 2. The Kier molecular flexibility index (Phi) is 7.13. The molecule has 0 aliphatic rings. The van der Waals surface area contributed by atoms with E-state index in [2.05, 4.69) is 33.1 Å². The molecule has 0 saturated carbocycles. The average molecular weight is 375 g/mol. The third-order valence-electron chi connectivity index (χ3n) is 4.58. The molecule has 0 spiro atoms. The Labute approximate surface area is 165 Å². The third kappa shape index (κ3) is 5.64. The van der Waals surface area contributed by atoms with E-state index in [4.69, 9.17) is 5.11 Å². The molecule has 0 aliphatic heterocycles. The molecule has 144 valence electrons. The van der Waals surface area contributed by atoms with Gasteiger partial charge in [0.15, 0.2) is 0 Å². The van der Waals surface area contributed by atoms with Crippen LogP contribution in [0.15, 0.2) is 73.1 Å². The van der Waals surface area contributed by atoms with Gasteiger partial charge in [0, 0.05) is 30.9 Å². The summed E-state index contributed by atoms with van der Waals surface area (Å²) in [6, 6.07) is 20.2. The number of rotatable bonds is 10. The molecule has 5 nitrogen and oxygen atoms in total. The van der Waals surface area contributed by atoms with Crippen molar-refractivity contribution in [2.75, 3.05) is 11.4 Å². The lowest BCUT2D eigenvalue weighted by atomic mass is 10.1. The molecule has 2 heterocycles. The van der Waals surface area contributed by atoms with Gasteiger partial charge in [-0.05, 0) is 42.7 Å². The van der Waals surface area contributed by atoms with Gasteiger partial charge in [-0.15, -0.1) is 0 Å². The van der Waals surface area contributed by atoms with Gasteiger partial charge in [-0.2, -0.15) is 0 Å². The van der Waals surface area contributed by atoms with Crippen LogP contribution >= 0.6 is 0 Å². The normalized spacial score (nSPS) is 10.6. The first-order valence-corrected chi connectivity index (χ1v) is 9.66. The Balaban J connectivity index is 1.68. The number of unbranched alkanes of at least 4 members (excludes halogenated alkanes) is 3. The van der Waals surface area contributed by atoms with Crippen LogP contribution in [0.4, 0.5) is 11.6 Å². The topological polar surface area (TPSA) is 66.3 Å². The lowest BCUT2D eigenvalue weighted by Gasteiger charge is -2.23. The van der Waals surface area contributed by atoms with E-state index in [9.17, 15) is 4.79 Å². The van der Waals surface area contributed by atoms with E-state index in [0.29, 0.717) is 0 Å². The number of carbonyl (C=O) groups is 1. The van der Waals surface area contributed by atoms with Crippen molar-refractivity contribution in [3.05, 3.63) is 73.1 Å². The fraction of sp³-hybridized carbons (Fsp3) is 0.261. The molecule has 1 aromatic carbocycles. The molecule has 3 aromatic rings. The van der Waals surface area contributed by atoms with Gasteiger partial charge in [-0.3, -0.25) is 4.79 Å². The Hall–Kier alpha value is -3.21. The van der Waals surface area contributed by atoms with Gasteiger partial charge in [0.1, 0.15) is 11.6 Å². The average Bonchev–Trinajstić information content (AvgIpc) is 2.74. The van der Waals surface area contributed by atoms with Crippen LogP contribution in [-0.4, -0.2) is 27.6 Å². The van der Waals surface area contributed by atoms with Crippen LogP contribution in [0, 0.1) is 0 Å². The maximum Gasteiger partial charge on any atom is 0.303 e. The lowest BCUT2D eigenvalue weighted by molar-refractivity contribution is -0.137. The summed E-state index contributed by atoms with van der Waals surface area (Å²) >= 11 is 0. The number of hydrogen-bond acceptors (Lipinski definition) is 4. The maximum absolute atomic E-state index is 10.6. The predicted molar refractivity (Wildman–Crippen MR) is 112 cm³/mol. The third-order valence-corrected chi connectivity index (χ3v) is 4.58. The molecule has 0 bridgehead atoms. The second-order valence-electron chi connectivity index (χ2n) is 6.67. The standard InChI is InChI=1S/C23H25N3O2/c27-23(28)13-6-1-2-9-17-26(21-12-7-8-16-24-21)22-15-14-20(18-25-22)19-10-4-3-5-11-19/h3-5,7-8,10-12,14-16,18H,1-2,6,9,13,17H2,(H,27,28). The molecule has 0 atom stereocenters. The van der Waals surface area contributed by atoms with Gasteiger partial charge in [0.2, 0.25) is 0 Å². The molecule has 0 unspecified atom stereocenters.